The maximum atomic E-state index is 13.6. The van der Waals surface area contributed by atoms with E-state index in [1.54, 1.807) is 42.5 Å². The van der Waals surface area contributed by atoms with E-state index in [2.05, 4.69) is 14.7 Å². The summed E-state index contributed by atoms with van der Waals surface area (Å²) < 4.78 is 37.2. The molecule has 0 spiro atoms. The highest BCUT2D eigenvalue weighted by molar-refractivity contribution is 7.90. The van der Waals surface area contributed by atoms with Crippen LogP contribution in [0.25, 0.3) is 11.0 Å². The first-order valence-corrected chi connectivity index (χ1v) is 13.8. The van der Waals surface area contributed by atoms with Crippen molar-refractivity contribution in [2.45, 2.75) is 31.7 Å². The summed E-state index contributed by atoms with van der Waals surface area (Å²) in [5.74, 6) is -0.498. The van der Waals surface area contributed by atoms with Gasteiger partial charge in [-0.25, -0.2) is 4.98 Å². The number of aryl methyl sites for hydroxylation is 1. The zero-order chi connectivity index (χ0) is 27.7. The van der Waals surface area contributed by atoms with Crippen molar-refractivity contribution in [3.05, 3.63) is 88.3 Å². The normalized spacial score (nSPS) is 14.0. The predicted octanol–water partition coefficient (Wildman–Crippen LogP) is 3.97. The largest absolute Gasteiger partial charge is 0.506 e. The number of hydrogen-bond acceptors (Lipinski definition) is 8. The fourth-order valence-electron chi connectivity index (χ4n) is 4.27. The number of pyridine rings is 2. The number of fused-ring (bicyclic) bond motifs is 2. The first-order valence-electron chi connectivity index (χ1n) is 12.3. The first-order chi connectivity index (χ1) is 18.7. The number of aromatic hydroxyl groups is 1. The smallest absolute Gasteiger partial charge is 0.286 e. The monoisotopic (exact) mass is 546 g/mol. The fourth-order valence-corrected chi connectivity index (χ4v) is 5.40. The summed E-state index contributed by atoms with van der Waals surface area (Å²) in [5, 5.41) is 14.2. The maximum Gasteiger partial charge on any atom is 0.286 e. The molecule has 0 saturated carbocycles. The van der Waals surface area contributed by atoms with Gasteiger partial charge in [0.2, 0.25) is 0 Å². The second kappa shape index (κ2) is 10.3. The van der Waals surface area contributed by atoms with Crippen LogP contribution in [0.15, 0.2) is 80.9 Å². The van der Waals surface area contributed by atoms with Crippen molar-refractivity contribution >= 4 is 38.4 Å². The highest BCUT2D eigenvalue weighted by Crippen LogP contribution is 2.34. The minimum absolute atomic E-state index is 0.153. The highest BCUT2D eigenvalue weighted by Gasteiger charge is 2.30. The van der Waals surface area contributed by atoms with Crippen LogP contribution in [-0.2, 0) is 16.6 Å². The molecule has 5 rings (SSSR count). The second-order valence-corrected chi connectivity index (χ2v) is 11.1. The number of carbonyl (C=O) groups is 1. The molecule has 2 N–H and O–H groups in total. The average molecular weight is 547 g/mol. The van der Waals surface area contributed by atoms with E-state index in [1.165, 1.54) is 29.0 Å². The molecule has 0 amide bonds. The number of hydrogen-bond donors (Lipinski definition) is 2. The number of rotatable bonds is 8. The third-order valence-electron chi connectivity index (χ3n) is 6.32. The Hall–Kier alpha value is -4.51. The average Bonchev–Trinajstić information content (AvgIpc) is 2.92. The number of amidine groups is 1. The molecule has 0 atom stereocenters. The second-order valence-electron chi connectivity index (χ2n) is 9.51. The Kier molecular flexibility index (Phi) is 6.92. The number of benzene rings is 2. The van der Waals surface area contributed by atoms with Gasteiger partial charge in [0, 0.05) is 24.4 Å². The van der Waals surface area contributed by atoms with Crippen LogP contribution in [0.4, 0.5) is 5.69 Å². The molecule has 0 fully saturated rings. The van der Waals surface area contributed by atoms with Crippen LogP contribution in [0.5, 0.6) is 11.5 Å². The lowest BCUT2D eigenvalue weighted by Crippen LogP contribution is -2.33. The van der Waals surface area contributed by atoms with Crippen LogP contribution < -0.4 is 15.6 Å². The van der Waals surface area contributed by atoms with Crippen LogP contribution in [0.3, 0.4) is 0 Å². The van der Waals surface area contributed by atoms with Crippen molar-refractivity contribution in [2.75, 3.05) is 11.9 Å². The molecule has 0 unspecified atom stereocenters. The summed E-state index contributed by atoms with van der Waals surface area (Å²) in [5.41, 5.74) is 0.0609. The molecule has 1 aliphatic rings. The molecule has 0 aliphatic carbocycles. The van der Waals surface area contributed by atoms with E-state index in [0.717, 1.165) is 0 Å². The SMILES string of the molecule is CC(C)CCn1c(=O)c(C2=NS(=O)(=O)c3cc(OCC(=O)c4ccccc4)ccc3N2)c(O)c2cccnc21. The summed E-state index contributed by atoms with van der Waals surface area (Å²) in [7, 11) is -4.29. The molecule has 3 heterocycles. The standard InChI is InChI=1S/C28H26N4O6S/c1-17(2)12-14-32-27-20(9-6-13-29-27)25(34)24(28(32)35)26-30-21-11-10-19(15-23(21)39(36,37)31-26)38-16-22(33)18-7-4-3-5-8-18/h3-11,13,15,17,34H,12,14,16H2,1-2H3,(H,30,31). The molecule has 0 saturated heterocycles. The Labute approximate surface area is 224 Å². The predicted molar refractivity (Wildman–Crippen MR) is 147 cm³/mol. The van der Waals surface area contributed by atoms with E-state index >= 15 is 0 Å². The van der Waals surface area contributed by atoms with Gasteiger partial charge >= 0.3 is 0 Å². The van der Waals surface area contributed by atoms with Crippen molar-refractivity contribution in [1.82, 2.24) is 9.55 Å². The lowest BCUT2D eigenvalue weighted by atomic mass is 10.1. The Bertz CT molecular complexity index is 1780. The topological polar surface area (TPSA) is 140 Å². The van der Waals surface area contributed by atoms with Crippen LogP contribution in [0.1, 0.15) is 36.2 Å². The first kappa shape index (κ1) is 26.1. The molecule has 10 nitrogen and oxygen atoms in total. The zero-order valence-electron chi connectivity index (χ0n) is 21.3. The van der Waals surface area contributed by atoms with Crippen molar-refractivity contribution < 1.29 is 23.1 Å². The van der Waals surface area contributed by atoms with Gasteiger partial charge in [-0.1, -0.05) is 44.2 Å². The van der Waals surface area contributed by atoms with Gasteiger partial charge in [0.05, 0.1) is 11.1 Å². The van der Waals surface area contributed by atoms with Crippen LogP contribution in [-0.4, -0.2) is 41.3 Å². The van der Waals surface area contributed by atoms with E-state index in [4.69, 9.17) is 4.74 Å². The van der Waals surface area contributed by atoms with Crippen molar-refractivity contribution in [2.24, 2.45) is 10.3 Å². The molecule has 39 heavy (non-hydrogen) atoms. The van der Waals surface area contributed by atoms with E-state index in [9.17, 15) is 23.1 Å². The maximum absolute atomic E-state index is 13.6. The number of anilines is 1. The van der Waals surface area contributed by atoms with Gasteiger partial charge in [0.25, 0.3) is 15.6 Å². The fraction of sp³-hybridized carbons (Fsp3) is 0.214. The molecule has 1 aliphatic heterocycles. The number of carbonyl (C=O) groups excluding carboxylic acids is 1. The van der Waals surface area contributed by atoms with Gasteiger partial charge < -0.3 is 15.2 Å². The van der Waals surface area contributed by atoms with E-state index in [1.807, 2.05) is 13.8 Å². The van der Waals surface area contributed by atoms with E-state index in [0.29, 0.717) is 35.5 Å². The molecule has 200 valence electrons. The number of sulfonamides is 1. The Morgan fingerprint density at radius 1 is 1.10 bits per heavy atom. The Morgan fingerprint density at radius 3 is 2.62 bits per heavy atom. The summed E-state index contributed by atoms with van der Waals surface area (Å²) in [6.07, 6.45) is 2.20. The molecule has 2 aromatic carbocycles. The summed E-state index contributed by atoms with van der Waals surface area (Å²) in [6.45, 7) is 4.09. The summed E-state index contributed by atoms with van der Waals surface area (Å²) in [6, 6.07) is 16.1. The molecular formula is C28H26N4O6S. The zero-order valence-corrected chi connectivity index (χ0v) is 22.1. The number of Topliss-reactive ketones (excluding diaryl/α,β-unsaturated/α-hetero) is 1. The minimum Gasteiger partial charge on any atom is -0.506 e. The molecular weight excluding hydrogens is 520 g/mol. The van der Waals surface area contributed by atoms with Crippen LogP contribution in [0, 0.1) is 5.92 Å². The van der Waals surface area contributed by atoms with Crippen LogP contribution in [0.2, 0.25) is 0 Å². The highest BCUT2D eigenvalue weighted by atomic mass is 32.2. The lowest BCUT2D eigenvalue weighted by Gasteiger charge is -2.21. The number of nitrogens with zero attached hydrogens (tertiary/aromatic N) is 3. The van der Waals surface area contributed by atoms with Crippen LogP contribution >= 0.6 is 0 Å². The summed E-state index contributed by atoms with van der Waals surface area (Å²) in [4.78, 5) is 30.0. The molecule has 0 bridgehead atoms. The number of ether oxygens (including phenoxy) is 1. The van der Waals surface area contributed by atoms with Gasteiger partial charge in [-0.05, 0) is 36.6 Å². The lowest BCUT2D eigenvalue weighted by molar-refractivity contribution is 0.0921. The minimum atomic E-state index is -4.29. The summed E-state index contributed by atoms with van der Waals surface area (Å²) >= 11 is 0. The van der Waals surface area contributed by atoms with Gasteiger partial charge in [-0.3, -0.25) is 14.2 Å². The number of aromatic nitrogens is 2. The van der Waals surface area contributed by atoms with Crippen molar-refractivity contribution in [3.63, 3.8) is 0 Å². The molecule has 2 aromatic heterocycles. The third kappa shape index (κ3) is 5.13. The number of nitrogens with one attached hydrogen (secondary N) is 1. The molecule has 4 aromatic rings. The van der Waals surface area contributed by atoms with E-state index < -0.39 is 21.3 Å². The van der Waals surface area contributed by atoms with Gasteiger partial charge in [-0.15, -0.1) is 4.40 Å². The van der Waals surface area contributed by atoms with Gasteiger partial charge in [0.15, 0.2) is 18.2 Å². The molecule has 11 heteroatoms. The van der Waals surface area contributed by atoms with Crippen molar-refractivity contribution in [1.29, 1.82) is 0 Å². The van der Waals surface area contributed by atoms with Gasteiger partial charge in [0.1, 0.15) is 27.6 Å². The van der Waals surface area contributed by atoms with Crippen molar-refractivity contribution in [3.8, 4) is 11.5 Å². The number of ketones is 1. The Balaban J connectivity index is 1.50. The third-order valence-corrected chi connectivity index (χ3v) is 7.64. The molecule has 0 radical (unpaired) electrons. The van der Waals surface area contributed by atoms with E-state index in [-0.39, 0.29) is 40.1 Å². The Morgan fingerprint density at radius 2 is 1.87 bits per heavy atom. The quantitative estimate of drug-likeness (QED) is 0.317. The van der Waals surface area contributed by atoms with Gasteiger partial charge in [-0.2, -0.15) is 8.42 Å².